The Balaban J connectivity index is 1.32. The molecule has 0 fully saturated rings. The molecule has 0 atom stereocenters. The zero-order chi connectivity index (χ0) is 30.1. The van der Waals surface area contributed by atoms with Gasteiger partial charge in [0.1, 0.15) is 0 Å². The summed E-state index contributed by atoms with van der Waals surface area (Å²) in [6.07, 6.45) is 2.82. The molecule has 0 saturated heterocycles. The van der Waals surface area contributed by atoms with E-state index in [0.717, 1.165) is 39.0 Å². The molecule has 0 bridgehead atoms. The van der Waals surface area contributed by atoms with Crippen molar-refractivity contribution in [1.29, 1.82) is 10.8 Å². The molecule has 0 aliphatic rings. The molecule has 0 radical (unpaired) electrons. The molecule has 0 unspecified atom stereocenters. The number of rotatable bonds is 4. The van der Waals surface area contributed by atoms with Crippen molar-refractivity contribution in [3.63, 3.8) is 0 Å². The molecule has 0 aliphatic heterocycles. The summed E-state index contributed by atoms with van der Waals surface area (Å²) in [5, 5.41) is 29.3. The minimum absolute atomic E-state index is 0.724. The van der Waals surface area contributed by atoms with Crippen LogP contribution in [0.5, 0.6) is 0 Å². The van der Waals surface area contributed by atoms with E-state index in [1.54, 1.807) is 0 Å². The Hall–Kier alpha value is -6.06. The molecule has 0 aliphatic carbocycles. The summed E-state index contributed by atoms with van der Waals surface area (Å²) >= 11 is 0. The third kappa shape index (κ3) is 3.65. The van der Waals surface area contributed by atoms with E-state index in [0.29, 0.717) is 0 Å². The van der Waals surface area contributed by atoms with Crippen molar-refractivity contribution in [1.82, 2.24) is 4.57 Å². The standard InChI is InChI=1S/C42H27N3/c43-24-38-29(28-17-18-34-32-13-4-3-11-30(32)31-12-5-6-14-33(31)36(34)22-28)19-20-41(39(38)25-44)45-40-16-8-7-15-35(40)37-21-26-9-1-2-10-27(26)23-42(37)45/h1-25,43-44H. The van der Waals surface area contributed by atoms with Crippen LogP contribution in [0.15, 0.2) is 140 Å². The molecule has 0 spiro atoms. The van der Waals surface area contributed by atoms with Crippen LogP contribution in [0.3, 0.4) is 0 Å². The highest BCUT2D eigenvalue weighted by molar-refractivity contribution is 6.26. The number of aromatic nitrogens is 1. The normalized spacial score (nSPS) is 11.7. The van der Waals surface area contributed by atoms with Gasteiger partial charge in [0.15, 0.2) is 0 Å². The van der Waals surface area contributed by atoms with Crippen LogP contribution in [0, 0.1) is 10.8 Å². The lowest BCUT2D eigenvalue weighted by Gasteiger charge is -2.17. The topological polar surface area (TPSA) is 52.6 Å². The van der Waals surface area contributed by atoms with Gasteiger partial charge >= 0.3 is 0 Å². The van der Waals surface area contributed by atoms with Crippen LogP contribution in [0.25, 0.3) is 81.7 Å². The number of benzene rings is 8. The van der Waals surface area contributed by atoms with E-state index in [1.807, 2.05) is 0 Å². The van der Waals surface area contributed by atoms with Crippen LogP contribution in [0.4, 0.5) is 0 Å². The Labute approximate surface area is 259 Å². The largest absolute Gasteiger partial charge is 0.309 e. The van der Waals surface area contributed by atoms with Gasteiger partial charge in [-0.25, -0.2) is 0 Å². The molecule has 0 amide bonds. The second kappa shape index (κ2) is 9.73. The number of hydrogen-bond acceptors (Lipinski definition) is 2. The van der Waals surface area contributed by atoms with Gasteiger partial charge in [0.25, 0.3) is 0 Å². The first-order chi connectivity index (χ1) is 22.2. The Morgan fingerprint density at radius 1 is 0.400 bits per heavy atom. The minimum Gasteiger partial charge on any atom is -0.309 e. The smallest absolute Gasteiger partial charge is 0.0556 e. The molecule has 3 nitrogen and oxygen atoms in total. The summed E-state index contributed by atoms with van der Waals surface area (Å²) in [6, 6.07) is 49.5. The van der Waals surface area contributed by atoms with Crippen LogP contribution in [-0.2, 0) is 0 Å². The average Bonchev–Trinajstić information content (AvgIpc) is 3.42. The molecule has 0 saturated carbocycles. The Bertz CT molecular complexity index is 2660. The van der Waals surface area contributed by atoms with E-state index in [4.69, 9.17) is 10.8 Å². The minimum atomic E-state index is 0.724. The molecule has 1 heterocycles. The molecule has 9 aromatic rings. The third-order valence-corrected chi connectivity index (χ3v) is 9.39. The fourth-order valence-electron chi connectivity index (χ4n) is 7.37. The maximum atomic E-state index is 8.63. The van der Waals surface area contributed by atoms with Gasteiger partial charge in [0.2, 0.25) is 0 Å². The van der Waals surface area contributed by atoms with Gasteiger partial charge in [-0.2, -0.15) is 0 Å². The maximum absolute atomic E-state index is 8.63. The van der Waals surface area contributed by atoms with Crippen LogP contribution < -0.4 is 0 Å². The highest BCUT2D eigenvalue weighted by Gasteiger charge is 2.19. The number of para-hydroxylation sites is 1. The van der Waals surface area contributed by atoms with E-state index in [-0.39, 0.29) is 0 Å². The average molecular weight is 574 g/mol. The van der Waals surface area contributed by atoms with Gasteiger partial charge < -0.3 is 15.4 Å². The summed E-state index contributed by atoms with van der Waals surface area (Å²) in [7, 11) is 0. The van der Waals surface area contributed by atoms with Gasteiger partial charge in [-0.05, 0) is 84.5 Å². The van der Waals surface area contributed by atoms with Crippen LogP contribution in [0.1, 0.15) is 11.1 Å². The third-order valence-electron chi connectivity index (χ3n) is 9.39. The Kier molecular flexibility index (Phi) is 5.50. The van der Waals surface area contributed by atoms with Crippen molar-refractivity contribution in [2.45, 2.75) is 0 Å². The number of nitrogens with one attached hydrogen (secondary N) is 2. The predicted octanol–water partition coefficient (Wildman–Crippen LogP) is 11.1. The van der Waals surface area contributed by atoms with E-state index in [2.05, 4.69) is 144 Å². The molecule has 9 rings (SSSR count). The second-order valence-corrected chi connectivity index (χ2v) is 11.7. The van der Waals surface area contributed by atoms with Crippen molar-refractivity contribution in [2.24, 2.45) is 0 Å². The number of fused-ring (bicyclic) bond motifs is 10. The fraction of sp³-hybridized carbons (Fsp3) is 0. The Morgan fingerprint density at radius 3 is 1.62 bits per heavy atom. The van der Waals surface area contributed by atoms with Crippen molar-refractivity contribution in [2.75, 3.05) is 0 Å². The molecule has 3 heteroatoms. The lowest BCUT2D eigenvalue weighted by Crippen LogP contribution is -2.04. The SMILES string of the molecule is N=Cc1c(-c2ccc3c4ccccc4c4ccccc4c3c2)ccc(-n2c3ccccc3c3cc4ccccc4cc32)c1C=N. The summed E-state index contributed by atoms with van der Waals surface area (Å²) in [4.78, 5) is 0. The van der Waals surface area contributed by atoms with Gasteiger partial charge in [0.05, 0.1) is 16.7 Å². The first-order valence-corrected chi connectivity index (χ1v) is 15.2. The van der Waals surface area contributed by atoms with Gasteiger partial charge in [-0.3, -0.25) is 0 Å². The summed E-state index contributed by atoms with van der Waals surface area (Å²) in [5.41, 5.74) is 6.50. The predicted molar refractivity (Wildman–Crippen MR) is 192 cm³/mol. The fourth-order valence-corrected chi connectivity index (χ4v) is 7.37. The maximum Gasteiger partial charge on any atom is 0.0556 e. The first kappa shape index (κ1) is 25.4. The van der Waals surface area contributed by atoms with Crippen LogP contribution in [0.2, 0.25) is 0 Å². The molecule has 210 valence electrons. The summed E-state index contributed by atoms with van der Waals surface area (Å²) in [6.45, 7) is 0. The van der Waals surface area contributed by atoms with Crippen LogP contribution >= 0.6 is 0 Å². The number of hydrogen-bond donors (Lipinski definition) is 2. The summed E-state index contributed by atoms with van der Waals surface area (Å²) < 4.78 is 2.26. The summed E-state index contributed by atoms with van der Waals surface area (Å²) in [5.74, 6) is 0. The van der Waals surface area contributed by atoms with E-state index in [9.17, 15) is 0 Å². The first-order valence-electron chi connectivity index (χ1n) is 15.2. The quantitative estimate of drug-likeness (QED) is 0.155. The second-order valence-electron chi connectivity index (χ2n) is 11.7. The highest BCUT2D eigenvalue weighted by atomic mass is 15.0. The molecular formula is C42H27N3. The van der Waals surface area contributed by atoms with Crippen LogP contribution in [-0.4, -0.2) is 17.0 Å². The number of nitrogens with zero attached hydrogens (tertiary/aromatic N) is 1. The van der Waals surface area contributed by atoms with E-state index in [1.165, 1.54) is 66.3 Å². The van der Waals surface area contributed by atoms with Gasteiger partial charge in [0, 0.05) is 34.3 Å². The highest BCUT2D eigenvalue weighted by Crippen LogP contribution is 2.40. The zero-order valence-electron chi connectivity index (χ0n) is 24.4. The lowest BCUT2D eigenvalue weighted by molar-refractivity contribution is 1.17. The van der Waals surface area contributed by atoms with Crippen molar-refractivity contribution in [3.8, 4) is 16.8 Å². The van der Waals surface area contributed by atoms with Crippen molar-refractivity contribution >= 4 is 77.3 Å². The molecule has 8 aromatic carbocycles. The van der Waals surface area contributed by atoms with E-state index >= 15 is 0 Å². The zero-order valence-corrected chi connectivity index (χ0v) is 24.4. The van der Waals surface area contributed by atoms with Crippen molar-refractivity contribution in [3.05, 3.63) is 151 Å². The molecule has 2 N–H and O–H groups in total. The molecular weight excluding hydrogens is 546 g/mol. The van der Waals surface area contributed by atoms with E-state index < -0.39 is 0 Å². The monoisotopic (exact) mass is 573 g/mol. The van der Waals surface area contributed by atoms with Gasteiger partial charge in [-0.15, -0.1) is 0 Å². The lowest BCUT2D eigenvalue weighted by atomic mass is 9.90. The van der Waals surface area contributed by atoms with Crippen molar-refractivity contribution < 1.29 is 0 Å². The Morgan fingerprint density at radius 2 is 0.956 bits per heavy atom. The molecule has 1 aromatic heterocycles. The molecule has 45 heavy (non-hydrogen) atoms. The van der Waals surface area contributed by atoms with Gasteiger partial charge in [-0.1, -0.05) is 109 Å².